The standard InChI is InChI=1S/C15H21NOS/c1-12-7-9-15(10-8-12)11-16(18(2)17)14-6-4-3-5-13(14)15/h3-6,12H,7-11H2,1-2H3. The van der Waals surface area contributed by atoms with Crippen molar-refractivity contribution < 1.29 is 4.21 Å². The third-order valence-corrected chi connectivity index (χ3v) is 5.68. The average molecular weight is 263 g/mol. The molecule has 1 fully saturated rings. The van der Waals surface area contributed by atoms with Crippen molar-refractivity contribution in [2.24, 2.45) is 5.92 Å². The maximum atomic E-state index is 11.9. The lowest BCUT2D eigenvalue weighted by Gasteiger charge is -2.36. The summed E-state index contributed by atoms with van der Waals surface area (Å²) >= 11 is 0. The van der Waals surface area contributed by atoms with Crippen LogP contribution in [0.25, 0.3) is 0 Å². The van der Waals surface area contributed by atoms with Gasteiger partial charge in [0.25, 0.3) is 0 Å². The maximum absolute atomic E-state index is 11.9. The third kappa shape index (κ3) is 1.80. The van der Waals surface area contributed by atoms with E-state index >= 15 is 0 Å². The van der Waals surface area contributed by atoms with Crippen LogP contribution in [0.4, 0.5) is 5.69 Å². The first-order valence-electron chi connectivity index (χ1n) is 6.83. The van der Waals surface area contributed by atoms with Crippen molar-refractivity contribution in [3.8, 4) is 0 Å². The van der Waals surface area contributed by atoms with Crippen molar-refractivity contribution in [2.75, 3.05) is 17.1 Å². The smallest absolute Gasteiger partial charge is 0.116 e. The summed E-state index contributed by atoms with van der Waals surface area (Å²) in [6, 6.07) is 8.56. The van der Waals surface area contributed by atoms with E-state index in [1.165, 1.54) is 36.9 Å². The number of fused-ring (bicyclic) bond motifs is 2. The molecule has 2 aliphatic rings. The fourth-order valence-corrected chi connectivity index (χ4v) is 4.42. The van der Waals surface area contributed by atoms with Crippen molar-refractivity contribution in [2.45, 2.75) is 38.0 Å². The van der Waals surface area contributed by atoms with Crippen molar-refractivity contribution in [1.82, 2.24) is 0 Å². The van der Waals surface area contributed by atoms with Gasteiger partial charge in [-0.15, -0.1) is 0 Å². The number of hydrogen-bond acceptors (Lipinski definition) is 1. The Hall–Kier alpha value is -0.830. The molecule has 0 saturated heterocycles. The molecule has 0 radical (unpaired) electrons. The number of benzene rings is 1. The Balaban J connectivity index is 2.02. The summed E-state index contributed by atoms with van der Waals surface area (Å²) in [6.45, 7) is 3.30. The largest absolute Gasteiger partial charge is 0.291 e. The lowest BCUT2D eigenvalue weighted by Crippen LogP contribution is -2.37. The quantitative estimate of drug-likeness (QED) is 0.761. The Morgan fingerprint density at radius 2 is 1.94 bits per heavy atom. The first-order valence-corrected chi connectivity index (χ1v) is 8.34. The Morgan fingerprint density at radius 3 is 2.61 bits per heavy atom. The number of anilines is 1. The zero-order chi connectivity index (χ0) is 12.8. The minimum Gasteiger partial charge on any atom is -0.291 e. The van der Waals surface area contributed by atoms with Gasteiger partial charge in [0.15, 0.2) is 0 Å². The molecule has 1 heterocycles. The fourth-order valence-electron chi connectivity index (χ4n) is 3.56. The molecule has 0 bridgehead atoms. The van der Waals surface area contributed by atoms with Crippen molar-refractivity contribution in [3.05, 3.63) is 29.8 Å². The second-order valence-electron chi connectivity index (χ2n) is 5.94. The van der Waals surface area contributed by atoms with Gasteiger partial charge in [-0.3, -0.25) is 4.31 Å². The van der Waals surface area contributed by atoms with Crippen molar-refractivity contribution in [3.63, 3.8) is 0 Å². The Labute approximate surface area is 112 Å². The van der Waals surface area contributed by atoms with Gasteiger partial charge in [-0.05, 0) is 43.2 Å². The van der Waals surface area contributed by atoms with Gasteiger partial charge in [0.2, 0.25) is 0 Å². The van der Waals surface area contributed by atoms with Gasteiger partial charge >= 0.3 is 0 Å². The van der Waals surface area contributed by atoms with E-state index in [9.17, 15) is 4.21 Å². The van der Waals surface area contributed by atoms with Crippen LogP contribution < -0.4 is 4.31 Å². The SMILES string of the molecule is CC1CCC2(CC1)CN(S(C)=O)c1ccccc12. The Kier molecular flexibility index (Phi) is 2.97. The monoisotopic (exact) mass is 263 g/mol. The molecule has 1 aromatic rings. The predicted molar refractivity (Wildman–Crippen MR) is 77.2 cm³/mol. The molecule has 1 aliphatic carbocycles. The minimum absolute atomic E-state index is 0.273. The minimum atomic E-state index is -0.905. The summed E-state index contributed by atoms with van der Waals surface area (Å²) in [5.74, 6) is 0.851. The lowest BCUT2D eigenvalue weighted by molar-refractivity contribution is 0.258. The highest BCUT2D eigenvalue weighted by atomic mass is 32.2. The van der Waals surface area contributed by atoms with Crippen LogP contribution >= 0.6 is 0 Å². The van der Waals surface area contributed by atoms with Gasteiger partial charge < -0.3 is 0 Å². The number of hydrogen-bond donors (Lipinski definition) is 0. The molecular formula is C15H21NOS. The van der Waals surface area contributed by atoms with Crippen LogP contribution in [-0.4, -0.2) is 17.0 Å². The maximum Gasteiger partial charge on any atom is 0.116 e. The zero-order valence-corrected chi connectivity index (χ0v) is 12.0. The second kappa shape index (κ2) is 4.37. The summed E-state index contributed by atoms with van der Waals surface area (Å²) in [7, 11) is -0.905. The molecule has 98 valence electrons. The molecule has 3 rings (SSSR count). The van der Waals surface area contributed by atoms with E-state index in [1.807, 2.05) is 0 Å². The summed E-state index contributed by atoms with van der Waals surface area (Å²) < 4.78 is 14.0. The number of rotatable bonds is 1. The highest BCUT2D eigenvalue weighted by molar-refractivity contribution is 7.85. The van der Waals surface area contributed by atoms with E-state index in [1.54, 1.807) is 6.26 Å². The van der Waals surface area contributed by atoms with Crippen LogP contribution in [0, 0.1) is 5.92 Å². The average Bonchev–Trinajstić information content (AvgIpc) is 2.69. The molecule has 1 aromatic carbocycles. The van der Waals surface area contributed by atoms with E-state index in [4.69, 9.17) is 0 Å². The highest BCUT2D eigenvalue weighted by Crippen LogP contribution is 2.50. The van der Waals surface area contributed by atoms with Crippen molar-refractivity contribution in [1.29, 1.82) is 0 Å². The summed E-state index contributed by atoms with van der Waals surface area (Å²) in [4.78, 5) is 0. The van der Waals surface area contributed by atoms with Crippen LogP contribution in [-0.2, 0) is 16.4 Å². The van der Waals surface area contributed by atoms with Gasteiger partial charge in [-0.2, -0.15) is 0 Å². The molecule has 3 heteroatoms. The summed E-state index contributed by atoms with van der Waals surface area (Å²) in [5, 5.41) is 0. The molecule has 1 unspecified atom stereocenters. The molecule has 1 saturated carbocycles. The molecule has 18 heavy (non-hydrogen) atoms. The van der Waals surface area contributed by atoms with E-state index in [2.05, 4.69) is 35.5 Å². The topological polar surface area (TPSA) is 20.3 Å². The first kappa shape index (κ1) is 12.2. The second-order valence-corrected chi connectivity index (χ2v) is 7.23. The van der Waals surface area contributed by atoms with E-state index in [-0.39, 0.29) is 5.41 Å². The predicted octanol–water partition coefficient (Wildman–Crippen LogP) is 3.25. The lowest BCUT2D eigenvalue weighted by atomic mass is 9.68. The van der Waals surface area contributed by atoms with E-state index in [0.717, 1.165) is 12.5 Å². The summed E-state index contributed by atoms with van der Waals surface area (Å²) in [6.07, 6.45) is 6.90. The van der Waals surface area contributed by atoms with Gasteiger partial charge in [0.05, 0.1) is 5.69 Å². The summed E-state index contributed by atoms with van der Waals surface area (Å²) in [5.41, 5.74) is 2.91. The first-order chi connectivity index (χ1) is 8.62. The molecule has 0 N–H and O–H groups in total. The molecule has 0 amide bonds. The van der Waals surface area contributed by atoms with Crippen LogP contribution in [0.5, 0.6) is 0 Å². The van der Waals surface area contributed by atoms with Crippen LogP contribution in [0.1, 0.15) is 38.2 Å². The molecule has 1 spiro atoms. The van der Waals surface area contributed by atoms with E-state index < -0.39 is 11.0 Å². The van der Waals surface area contributed by atoms with Crippen LogP contribution in [0.15, 0.2) is 24.3 Å². The molecule has 0 aromatic heterocycles. The van der Waals surface area contributed by atoms with Crippen LogP contribution in [0.2, 0.25) is 0 Å². The van der Waals surface area contributed by atoms with Crippen LogP contribution in [0.3, 0.4) is 0 Å². The van der Waals surface area contributed by atoms with E-state index in [0.29, 0.717) is 0 Å². The molecule has 1 atom stereocenters. The van der Waals surface area contributed by atoms with Gasteiger partial charge in [-0.1, -0.05) is 25.1 Å². The Bertz CT molecular complexity index is 477. The molecular weight excluding hydrogens is 242 g/mol. The zero-order valence-electron chi connectivity index (χ0n) is 11.2. The normalized spacial score (nSPS) is 32.6. The number of para-hydroxylation sites is 1. The molecule has 2 nitrogen and oxygen atoms in total. The van der Waals surface area contributed by atoms with Gasteiger partial charge in [-0.25, -0.2) is 4.21 Å². The fraction of sp³-hybridized carbons (Fsp3) is 0.600. The van der Waals surface area contributed by atoms with Gasteiger partial charge in [0.1, 0.15) is 11.0 Å². The molecule has 1 aliphatic heterocycles. The third-order valence-electron chi connectivity index (χ3n) is 4.73. The Morgan fingerprint density at radius 1 is 1.28 bits per heavy atom. The number of nitrogens with zero attached hydrogens (tertiary/aromatic N) is 1. The van der Waals surface area contributed by atoms with Crippen molar-refractivity contribution >= 4 is 16.7 Å². The van der Waals surface area contributed by atoms with Gasteiger partial charge in [0, 0.05) is 18.2 Å². The highest BCUT2D eigenvalue weighted by Gasteiger charge is 2.45.